The number of hydrogen-bond donors (Lipinski definition) is 16. The Balaban J connectivity index is 1.07. The molecule has 18 N–H and O–H groups in total. The molecular weight excluding hydrogens is 1340 g/mol. The van der Waals surface area contributed by atoms with Crippen LogP contribution in [0, 0.1) is 0 Å². The van der Waals surface area contributed by atoms with Gasteiger partial charge in [-0.1, -0.05) is 67.4 Å². The summed E-state index contributed by atoms with van der Waals surface area (Å²) in [6, 6.07) is 12.3. The van der Waals surface area contributed by atoms with Gasteiger partial charge in [0.15, 0.2) is 23.0 Å². The number of amides is 7. The Morgan fingerprint density at radius 3 is 1.75 bits per heavy atom. The molecule has 100 heavy (non-hydrogen) atoms. The average Bonchev–Trinajstić information content (AvgIpc) is 0.789. The molecule has 5 aliphatic heterocycles. The second-order valence-corrected chi connectivity index (χ2v) is 24.9. The molecule has 7 aromatic carbocycles. The van der Waals surface area contributed by atoms with Gasteiger partial charge in [-0.3, -0.25) is 33.6 Å². The lowest BCUT2D eigenvalue weighted by atomic mass is 9.97. The van der Waals surface area contributed by atoms with Crippen LogP contribution in [0.25, 0.3) is 0 Å². The molecule has 0 fully saturated rings. The van der Waals surface area contributed by atoms with Crippen molar-refractivity contribution in [3.05, 3.63) is 176 Å². The van der Waals surface area contributed by atoms with Crippen LogP contribution in [0.15, 0.2) is 127 Å². The molecule has 526 valence electrons. The number of nitrogens with zero attached hydrogens (tertiary/aromatic N) is 2. The highest BCUT2D eigenvalue weighted by molar-refractivity contribution is 6.32. The minimum absolute atomic E-state index is 0.0711. The molecule has 0 radical (unpaired) electrons. The maximum Gasteiger partial charge on any atom is 0.248 e. The first-order valence-electron chi connectivity index (χ1n) is 32.0. The molecule has 0 saturated carbocycles. The summed E-state index contributed by atoms with van der Waals surface area (Å²) in [5, 5.41) is 96.9. The van der Waals surface area contributed by atoms with Crippen LogP contribution in [0.2, 0.25) is 10.0 Å². The molecule has 0 aromatic heterocycles. The number of hydrogen-bond acceptors (Lipinski definition) is 21. The Bertz CT molecular complexity index is 4220. The molecule has 8 atom stereocenters. The molecular formula is C70H75Cl2N11O17. The molecule has 0 spiro atoms. The number of phenols is 6. The summed E-state index contributed by atoms with van der Waals surface area (Å²) < 4.78 is 18.6. The molecule has 12 rings (SSSR count). The molecule has 5 heterocycles. The van der Waals surface area contributed by atoms with Crippen LogP contribution in [-0.4, -0.2) is 151 Å². The summed E-state index contributed by atoms with van der Waals surface area (Å²) in [7, 11) is 0. The second-order valence-electron chi connectivity index (χ2n) is 24.1. The van der Waals surface area contributed by atoms with E-state index in [2.05, 4.69) is 60.9 Å². The highest BCUT2D eigenvalue weighted by Crippen LogP contribution is 2.47. The average molecular weight is 1410 g/mol. The van der Waals surface area contributed by atoms with E-state index in [0.717, 1.165) is 87.2 Å². The first kappa shape index (κ1) is 72.2. The minimum atomic E-state index is -2.16. The smallest absolute Gasteiger partial charge is 0.248 e. The lowest BCUT2D eigenvalue weighted by molar-refractivity contribution is -0.137. The van der Waals surface area contributed by atoms with Crippen LogP contribution in [0.1, 0.15) is 102 Å². The number of likely N-dealkylation sites (N-methyl/N-ethyl adjacent to an activating group) is 1. The van der Waals surface area contributed by atoms with Gasteiger partial charge >= 0.3 is 0 Å². The lowest BCUT2D eigenvalue weighted by Crippen LogP contribution is -2.55. The normalized spacial score (nSPS) is 19.6. The van der Waals surface area contributed by atoms with E-state index in [9.17, 15) is 50.1 Å². The van der Waals surface area contributed by atoms with E-state index in [-0.39, 0.29) is 85.1 Å². The highest BCUT2D eigenvalue weighted by atomic mass is 35.5. The number of nitrogens with one attached hydrogen (secondary N) is 7. The topological polar surface area (TPSA) is 432 Å². The molecule has 0 aliphatic carbocycles. The van der Waals surface area contributed by atoms with Gasteiger partial charge < -0.3 is 108 Å². The van der Waals surface area contributed by atoms with Gasteiger partial charge in [0.2, 0.25) is 47.1 Å². The van der Waals surface area contributed by atoms with E-state index in [1.165, 1.54) is 72.8 Å². The molecule has 13 bridgehead atoms. The number of carbonyl (C=O) groups is 7. The number of phenolic OH excluding ortho intramolecular Hbond substituents is 6. The lowest BCUT2D eigenvalue weighted by Gasteiger charge is -2.30. The number of fused-ring (bicyclic) bond motifs is 15. The number of aromatic hydroxyl groups is 6. The van der Waals surface area contributed by atoms with E-state index in [0.29, 0.717) is 31.6 Å². The molecule has 7 aromatic rings. The van der Waals surface area contributed by atoms with Crippen molar-refractivity contribution in [3.8, 4) is 69.0 Å². The van der Waals surface area contributed by atoms with Gasteiger partial charge in [0.25, 0.3) is 0 Å². The van der Waals surface area contributed by atoms with Crippen LogP contribution in [-0.2, 0) is 40.0 Å². The molecule has 28 nitrogen and oxygen atoms in total. The zero-order valence-corrected chi connectivity index (χ0v) is 55.6. The van der Waals surface area contributed by atoms with Gasteiger partial charge in [-0.2, -0.15) is 0 Å². The van der Waals surface area contributed by atoms with Gasteiger partial charge in [-0.05, 0) is 169 Å². The zero-order chi connectivity index (χ0) is 71.6. The summed E-state index contributed by atoms with van der Waals surface area (Å²) in [6.07, 6.45) is -1.28. The number of rotatable bonds is 17. The Labute approximate surface area is 583 Å². The van der Waals surface area contributed by atoms with Crippen molar-refractivity contribution >= 4 is 64.6 Å². The number of halogens is 2. The summed E-state index contributed by atoms with van der Waals surface area (Å²) >= 11 is 13.9. The van der Waals surface area contributed by atoms with Crippen molar-refractivity contribution in [2.24, 2.45) is 11.5 Å². The summed E-state index contributed by atoms with van der Waals surface area (Å²) in [6.45, 7) is 9.17. The summed E-state index contributed by atoms with van der Waals surface area (Å²) in [4.78, 5) is 110. The maximum atomic E-state index is 15.8. The number of benzene rings is 7. The monoisotopic (exact) mass is 1410 g/mol. The maximum absolute atomic E-state index is 15.8. The summed E-state index contributed by atoms with van der Waals surface area (Å²) in [5.74, 6) is -12.6. The Morgan fingerprint density at radius 2 is 1.11 bits per heavy atom. The molecule has 5 aliphatic rings. The van der Waals surface area contributed by atoms with Crippen molar-refractivity contribution in [2.45, 2.75) is 81.5 Å². The Kier molecular flexibility index (Phi) is 23.1. The Hall–Kier alpha value is -10.6. The van der Waals surface area contributed by atoms with E-state index >= 15 is 19.2 Å². The summed E-state index contributed by atoms with van der Waals surface area (Å²) in [5.41, 5.74) is 11.9. The fourth-order valence-corrected chi connectivity index (χ4v) is 12.2. The van der Waals surface area contributed by atoms with Crippen molar-refractivity contribution < 1.29 is 83.5 Å². The van der Waals surface area contributed by atoms with Crippen molar-refractivity contribution in [1.82, 2.24) is 47.0 Å². The number of carbonyl (C=O) groups excluding carboxylic acids is 7. The third kappa shape index (κ3) is 17.3. The van der Waals surface area contributed by atoms with Gasteiger partial charge in [-0.25, -0.2) is 0 Å². The van der Waals surface area contributed by atoms with E-state index < -0.39 is 130 Å². The van der Waals surface area contributed by atoms with Crippen molar-refractivity contribution in [3.63, 3.8) is 0 Å². The standard InChI is InChI=1S/C70H75Cl2N11O17/c1-3-82(4-2)21-22-83(19-5-17-73)20-6-18-75-66(93)58(39-25-43(85)33-44(86)26-39)79-70(97)61-62(89)38-11-16-52(48(72)29-38)100-55-32-41-31-54(63(55)90)99-51-15-7-35(23-47(51)71)24-49-64(91)77-59(68(95)80-60(41)69(96)78-57(67(94)81-61)36-8-12-42(84)13-9-36)40-27-45(87)34-46(28-40)98-53-30-37(10-14-50(53)88)56(74)65(92)76-49/h7-16,23,25-34,49,56-62,84-90H,3-6,17-22,24,73-74H2,1-2H3,(H,75,93)(H,76,92)(H,77,91)(H,78,96)(H,79,97)(H,80,95)(H,81,94)/t49-,56-,57-,58+,59+,60-,61+,62-/m1/s1. The SMILES string of the molecule is CCN(CC)CCN(CCCN)CCCNC(=O)[C@@H](NC(=O)[C@H]1NC(=O)[C@@H](c2ccc(O)cc2)NC(=O)[C@@H]2NC(=O)[C@H]3NC(=O)[C@@H](Cc4ccc(c(Cl)c4)Oc4cc2cc(c4O)Oc2ccc(cc2Cl)[C@H]1O)NC(=O)[C@H](N)c1ccc(O)c(c1)Oc1cc(O)cc3c1)c1cc(O)cc(O)c1. The van der Waals surface area contributed by atoms with Crippen LogP contribution in [0.4, 0.5) is 0 Å². The van der Waals surface area contributed by atoms with Gasteiger partial charge in [0, 0.05) is 38.2 Å². The zero-order valence-electron chi connectivity index (χ0n) is 54.0. The quantitative estimate of drug-likeness (QED) is 0.0506. The van der Waals surface area contributed by atoms with Crippen LogP contribution in [0.3, 0.4) is 0 Å². The number of aliphatic hydroxyl groups is 1. The third-order valence-electron chi connectivity index (χ3n) is 17.1. The van der Waals surface area contributed by atoms with E-state index in [1.54, 1.807) is 0 Å². The van der Waals surface area contributed by atoms with E-state index in [4.69, 9.17) is 48.9 Å². The fraction of sp³-hybridized carbons (Fsp3) is 0.300. The second kappa shape index (κ2) is 31.9. The molecule has 0 saturated heterocycles. The minimum Gasteiger partial charge on any atom is -0.508 e. The van der Waals surface area contributed by atoms with Crippen LogP contribution >= 0.6 is 23.2 Å². The first-order chi connectivity index (χ1) is 47.9. The van der Waals surface area contributed by atoms with Gasteiger partial charge in [0.05, 0.1) is 10.0 Å². The van der Waals surface area contributed by atoms with Gasteiger partial charge in [-0.15, -0.1) is 0 Å². The first-order valence-corrected chi connectivity index (χ1v) is 32.8. The van der Waals surface area contributed by atoms with Gasteiger partial charge in [0.1, 0.15) is 88.6 Å². The van der Waals surface area contributed by atoms with E-state index in [1.807, 2.05) is 0 Å². The largest absolute Gasteiger partial charge is 0.508 e. The predicted octanol–water partition coefficient (Wildman–Crippen LogP) is 5.42. The predicted molar refractivity (Wildman–Crippen MR) is 364 cm³/mol. The number of nitrogens with two attached hydrogens (primary N) is 2. The molecule has 7 amide bonds. The fourth-order valence-electron chi connectivity index (χ4n) is 11.7. The number of aliphatic hydroxyl groups excluding tert-OH is 1. The molecule has 0 unspecified atom stereocenters. The highest BCUT2D eigenvalue weighted by Gasteiger charge is 2.40. The van der Waals surface area contributed by atoms with Crippen molar-refractivity contribution in [1.29, 1.82) is 0 Å². The van der Waals surface area contributed by atoms with Crippen LogP contribution < -0.4 is 62.9 Å². The van der Waals surface area contributed by atoms with Crippen molar-refractivity contribution in [2.75, 3.05) is 52.4 Å². The third-order valence-corrected chi connectivity index (χ3v) is 17.7. The van der Waals surface area contributed by atoms with Crippen LogP contribution in [0.5, 0.6) is 69.0 Å². The Morgan fingerprint density at radius 1 is 0.550 bits per heavy atom. The molecule has 30 heteroatoms. The number of ether oxygens (including phenoxy) is 3.